The van der Waals surface area contributed by atoms with Crippen molar-refractivity contribution in [3.05, 3.63) is 18.1 Å². The van der Waals surface area contributed by atoms with Gasteiger partial charge in [-0.3, -0.25) is 9.89 Å². The predicted octanol–water partition coefficient (Wildman–Crippen LogP) is 1.55. The van der Waals surface area contributed by atoms with Gasteiger partial charge in [0.2, 0.25) is 5.16 Å². The van der Waals surface area contributed by atoms with E-state index < -0.39 is 5.97 Å². The number of nitrogens with one attached hydrogen (secondary N) is 1. The number of furan rings is 1. The van der Waals surface area contributed by atoms with Crippen LogP contribution < -0.4 is 0 Å². The number of carboxylic acids is 1. The molecule has 0 aliphatic rings. The van der Waals surface area contributed by atoms with Gasteiger partial charge in [-0.1, -0.05) is 11.8 Å². The topological polar surface area (TPSA) is 92.0 Å². The molecule has 0 radical (unpaired) electrons. The lowest BCUT2D eigenvalue weighted by atomic mass is 10.3. The minimum atomic E-state index is -0.893. The maximum Gasteiger partial charge on any atom is 0.313 e. The number of H-pyrrole nitrogens is 1. The number of hydrogen-bond acceptors (Lipinski definition) is 5. The number of aromatic amines is 1. The third kappa shape index (κ3) is 2.43. The number of aryl methyl sites for hydroxylation is 1. The van der Waals surface area contributed by atoms with Gasteiger partial charge in [0.25, 0.3) is 0 Å². The van der Waals surface area contributed by atoms with Gasteiger partial charge in [0.1, 0.15) is 12.0 Å². The van der Waals surface area contributed by atoms with Crippen molar-refractivity contribution in [2.75, 3.05) is 5.75 Å². The Kier molecular flexibility index (Phi) is 2.95. The minimum absolute atomic E-state index is 0.0539. The first-order valence-corrected chi connectivity index (χ1v) is 5.46. The molecule has 2 aromatic heterocycles. The van der Waals surface area contributed by atoms with E-state index in [1.165, 1.54) is 0 Å². The van der Waals surface area contributed by atoms with Crippen LogP contribution in [-0.4, -0.2) is 32.0 Å². The molecule has 0 spiro atoms. The van der Waals surface area contributed by atoms with Crippen molar-refractivity contribution in [1.82, 2.24) is 15.2 Å². The van der Waals surface area contributed by atoms with Crippen LogP contribution in [-0.2, 0) is 4.79 Å². The summed E-state index contributed by atoms with van der Waals surface area (Å²) in [4.78, 5) is 14.5. The summed E-state index contributed by atoms with van der Waals surface area (Å²) in [5.74, 6) is 0.410. The fourth-order valence-electron chi connectivity index (χ4n) is 1.13. The summed E-state index contributed by atoms with van der Waals surface area (Å²) in [6.45, 7) is 1.83. The third-order valence-corrected chi connectivity index (χ3v) is 2.63. The van der Waals surface area contributed by atoms with Gasteiger partial charge in [0.05, 0.1) is 11.3 Å². The highest BCUT2D eigenvalue weighted by molar-refractivity contribution is 7.99. The van der Waals surface area contributed by atoms with E-state index in [2.05, 4.69) is 15.2 Å². The molecular formula is C9H9N3O3S. The Morgan fingerprint density at radius 2 is 2.50 bits per heavy atom. The molecule has 0 bridgehead atoms. The highest BCUT2D eigenvalue weighted by Crippen LogP contribution is 2.20. The summed E-state index contributed by atoms with van der Waals surface area (Å²) in [5.41, 5.74) is 0.798. The highest BCUT2D eigenvalue weighted by Gasteiger charge is 2.09. The second-order valence-corrected chi connectivity index (χ2v) is 4.04. The average Bonchev–Trinajstić information content (AvgIpc) is 2.83. The summed E-state index contributed by atoms with van der Waals surface area (Å²) in [6, 6.07) is 1.83. The molecule has 0 aliphatic carbocycles. The van der Waals surface area contributed by atoms with Crippen LogP contribution >= 0.6 is 11.8 Å². The molecule has 0 atom stereocenters. The summed E-state index contributed by atoms with van der Waals surface area (Å²) < 4.78 is 5.14. The summed E-state index contributed by atoms with van der Waals surface area (Å²) in [5, 5.41) is 15.5. The van der Waals surface area contributed by atoms with Crippen molar-refractivity contribution < 1.29 is 14.3 Å². The fraction of sp³-hybridized carbons (Fsp3) is 0.222. The van der Waals surface area contributed by atoms with Gasteiger partial charge in [-0.05, 0) is 13.0 Å². The van der Waals surface area contributed by atoms with Crippen molar-refractivity contribution in [2.24, 2.45) is 0 Å². The van der Waals surface area contributed by atoms with Gasteiger partial charge < -0.3 is 9.52 Å². The van der Waals surface area contributed by atoms with Gasteiger partial charge in [-0.25, -0.2) is 4.98 Å². The van der Waals surface area contributed by atoms with E-state index in [0.717, 1.165) is 23.1 Å². The molecule has 2 heterocycles. The van der Waals surface area contributed by atoms with Crippen molar-refractivity contribution in [2.45, 2.75) is 12.1 Å². The first kappa shape index (κ1) is 10.7. The SMILES string of the molecule is Cc1cc(-c2nc(SCC(=O)O)n[nH]2)co1. The highest BCUT2D eigenvalue weighted by atomic mass is 32.2. The van der Waals surface area contributed by atoms with E-state index in [9.17, 15) is 4.79 Å². The average molecular weight is 239 g/mol. The van der Waals surface area contributed by atoms with Crippen LogP contribution in [0.4, 0.5) is 0 Å². The lowest BCUT2D eigenvalue weighted by Gasteiger charge is -1.88. The maximum atomic E-state index is 10.4. The lowest BCUT2D eigenvalue weighted by molar-refractivity contribution is -0.133. The lowest BCUT2D eigenvalue weighted by Crippen LogP contribution is -1.97. The number of carboxylic acid groups (broad SMARTS) is 1. The molecule has 0 aliphatic heterocycles. The zero-order valence-corrected chi connectivity index (χ0v) is 9.24. The van der Waals surface area contributed by atoms with Crippen LogP contribution in [0.5, 0.6) is 0 Å². The van der Waals surface area contributed by atoms with Crippen LogP contribution in [0.15, 0.2) is 21.9 Å². The summed E-state index contributed by atoms with van der Waals surface area (Å²) >= 11 is 1.07. The molecule has 0 amide bonds. The molecule has 2 N–H and O–H groups in total. The zero-order valence-electron chi connectivity index (χ0n) is 8.43. The standard InChI is InChI=1S/C9H9N3O3S/c1-5-2-6(3-15-5)8-10-9(12-11-8)16-4-7(13)14/h2-3H,4H2,1H3,(H,13,14)(H,10,11,12). The monoisotopic (exact) mass is 239 g/mol. The predicted molar refractivity (Wildman–Crippen MR) is 57.2 cm³/mol. The summed E-state index contributed by atoms with van der Waals surface area (Å²) in [6.07, 6.45) is 1.57. The normalized spacial score (nSPS) is 10.6. The van der Waals surface area contributed by atoms with Crippen LogP contribution in [0, 0.1) is 6.92 Å². The number of thioether (sulfide) groups is 1. The number of hydrogen-bond donors (Lipinski definition) is 2. The second kappa shape index (κ2) is 4.40. The van der Waals surface area contributed by atoms with Crippen LogP contribution in [0.25, 0.3) is 11.4 Å². The number of nitrogens with zero attached hydrogens (tertiary/aromatic N) is 2. The Labute approximate surface area is 95.1 Å². The van der Waals surface area contributed by atoms with Gasteiger partial charge in [0.15, 0.2) is 5.82 Å². The van der Waals surface area contributed by atoms with Crippen LogP contribution in [0.3, 0.4) is 0 Å². The molecule has 2 rings (SSSR count). The number of aliphatic carboxylic acids is 1. The Morgan fingerprint density at radius 3 is 3.12 bits per heavy atom. The van der Waals surface area contributed by atoms with Gasteiger partial charge in [0, 0.05) is 0 Å². The number of rotatable bonds is 4. The van der Waals surface area contributed by atoms with E-state index in [-0.39, 0.29) is 5.75 Å². The van der Waals surface area contributed by atoms with E-state index in [0.29, 0.717) is 11.0 Å². The zero-order chi connectivity index (χ0) is 11.5. The Morgan fingerprint density at radius 1 is 1.69 bits per heavy atom. The van der Waals surface area contributed by atoms with Gasteiger partial charge in [-0.2, -0.15) is 0 Å². The largest absolute Gasteiger partial charge is 0.481 e. The molecule has 16 heavy (non-hydrogen) atoms. The first-order valence-electron chi connectivity index (χ1n) is 4.47. The number of aromatic nitrogens is 3. The molecular weight excluding hydrogens is 230 g/mol. The molecule has 0 unspecified atom stereocenters. The molecule has 0 aromatic carbocycles. The third-order valence-electron chi connectivity index (χ3n) is 1.79. The molecule has 84 valence electrons. The van der Waals surface area contributed by atoms with Gasteiger partial charge in [-0.15, -0.1) is 5.10 Å². The van der Waals surface area contributed by atoms with Crippen molar-refractivity contribution in [3.8, 4) is 11.4 Å². The Bertz CT molecular complexity index is 506. The minimum Gasteiger partial charge on any atom is -0.481 e. The van der Waals surface area contributed by atoms with E-state index in [4.69, 9.17) is 9.52 Å². The van der Waals surface area contributed by atoms with E-state index in [1.54, 1.807) is 6.26 Å². The first-order chi connectivity index (χ1) is 7.65. The smallest absolute Gasteiger partial charge is 0.313 e. The van der Waals surface area contributed by atoms with Crippen molar-refractivity contribution in [3.63, 3.8) is 0 Å². The van der Waals surface area contributed by atoms with Crippen LogP contribution in [0.1, 0.15) is 5.76 Å². The molecule has 0 fully saturated rings. The van der Waals surface area contributed by atoms with Gasteiger partial charge >= 0.3 is 5.97 Å². The Hall–Kier alpha value is -1.76. The van der Waals surface area contributed by atoms with Crippen molar-refractivity contribution in [1.29, 1.82) is 0 Å². The van der Waals surface area contributed by atoms with Crippen molar-refractivity contribution >= 4 is 17.7 Å². The maximum absolute atomic E-state index is 10.4. The van der Waals surface area contributed by atoms with E-state index >= 15 is 0 Å². The number of carbonyl (C=O) groups is 1. The molecule has 6 nitrogen and oxygen atoms in total. The van der Waals surface area contributed by atoms with Crippen LogP contribution in [0.2, 0.25) is 0 Å². The molecule has 7 heteroatoms. The fourth-order valence-corrected chi connectivity index (χ4v) is 1.65. The molecule has 0 saturated carbocycles. The molecule has 2 aromatic rings. The quantitative estimate of drug-likeness (QED) is 0.786. The summed E-state index contributed by atoms with van der Waals surface area (Å²) in [7, 11) is 0. The second-order valence-electron chi connectivity index (χ2n) is 3.10. The van der Waals surface area contributed by atoms with E-state index in [1.807, 2.05) is 13.0 Å². The Balaban J connectivity index is 2.10. The molecule has 0 saturated heterocycles.